The number of halogens is 6. The normalized spacial score (nSPS) is 21.2. The molecule has 1 aliphatic rings. The molecule has 0 saturated heterocycles. The molecule has 1 aromatic heterocycles. The van der Waals surface area contributed by atoms with Crippen molar-refractivity contribution in [2.24, 2.45) is 0 Å². The lowest BCUT2D eigenvalue weighted by Gasteiger charge is -2.22. The fourth-order valence-electron chi connectivity index (χ4n) is 1.19. The number of nitrogens with zero attached hydrogens (tertiary/aromatic N) is 1. The van der Waals surface area contributed by atoms with Gasteiger partial charge in [0.1, 0.15) is 0 Å². The summed E-state index contributed by atoms with van der Waals surface area (Å²) in [6, 6.07) is 0. The van der Waals surface area contributed by atoms with Gasteiger partial charge in [0, 0.05) is 0 Å². The average molecular weight is 319 g/mol. The maximum atomic E-state index is 11.9. The van der Waals surface area contributed by atoms with E-state index in [1.54, 1.807) is 17.5 Å². The summed E-state index contributed by atoms with van der Waals surface area (Å²) in [4.78, 5) is 4.03. The maximum absolute atomic E-state index is 11.9. The van der Waals surface area contributed by atoms with Crippen LogP contribution in [0.25, 0.3) is 0 Å². The number of aromatic nitrogens is 1. The van der Waals surface area contributed by atoms with Crippen molar-refractivity contribution in [1.29, 1.82) is 0 Å². The third-order valence-corrected chi connectivity index (χ3v) is 3.05. The highest BCUT2D eigenvalue weighted by Gasteiger charge is 2.73. The monoisotopic (exact) mass is 319 g/mol. The molecule has 2 nitrogen and oxygen atoms in total. The van der Waals surface area contributed by atoms with Gasteiger partial charge in [0.15, 0.2) is 5.06 Å². The Hall–Kier alpha value is -1.25. The molecule has 0 aliphatic heterocycles. The van der Waals surface area contributed by atoms with E-state index in [0.717, 1.165) is 16.7 Å². The van der Waals surface area contributed by atoms with Crippen molar-refractivity contribution >= 4 is 11.3 Å². The first-order chi connectivity index (χ1) is 9.03. The van der Waals surface area contributed by atoms with E-state index in [1.807, 2.05) is 13.8 Å². The lowest BCUT2D eigenvalue weighted by Crippen LogP contribution is -2.47. The van der Waals surface area contributed by atoms with Crippen LogP contribution in [0.5, 0.6) is 5.06 Å². The van der Waals surface area contributed by atoms with E-state index in [4.69, 9.17) is 4.74 Å². The standard InChI is InChI=1S/C6H9NOS.C5H2F6/c1-3-8-6-4-7-5(2)9-6;6-3(7)1-2-4(8,9)5(3,10)11/h4H,3H2,1-2H3;1-2H. The Balaban J connectivity index is 0.000000204. The van der Waals surface area contributed by atoms with Crippen LogP contribution < -0.4 is 4.74 Å². The van der Waals surface area contributed by atoms with Gasteiger partial charge in [-0.3, -0.25) is 0 Å². The first-order valence-corrected chi connectivity index (χ1v) is 6.24. The highest BCUT2D eigenvalue weighted by Crippen LogP contribution is 2.51. The molecule has 9 heteroatoms. The van der Waals surface area contributed by atoms with Gasteiger partial charge in [0.2, 0.25) is 0 Å². The van der Waals surface area contributed by atoms with Crippen LogP contribution in [-0.4, -0.2) is 29.4 Å². The fraction of sp³-hybridized carbons (Fsp3) is 0.545. The molecule has 20 heavy (non-hydrogen) atoms. The minimum atomic E-state index is -5.29. The van der Waals surface area contributed by atoms with Gasteiger partial charge in [-0.15, -0.1) is 0 Å². The summed E-state index contributed by atoms with van der Waals surface area (Å²) in [5, 5.41) is 1.97. The topological polar surface area (TPSA) is 22.1 Å². The van der Waals surface area contributed by atoms with E-state index in [9.17, 15) is 26.3 Å². The summed E-state index contributed by atoms with van der Waals surface area (Å²) < 4.78 is 76.7. The zero-order chi connectivity index (χ0) is 15.6. The predicted molar refractivity (Wildman–Crippen MR) is 62.0 cm³/mol. The number of ether oxygens (including phenoxy) is 1. The number of alkyl halides is 6. The smallest absolute Gasteiger partial charge is 0.379 e. The number of allylic oxidation sites excluding steroid dienone is 2. The largest absolute Gasteiger partial charge is 0.483 e. The van der Waals surface area contributed by atoms with Gasteiger partial charge in [-0.05, 0) is 26.0 Å². The molecule has 0 aromatic carbocycles. The van der Waals surface area contributed by atoms with E-state index in [0.29, 0.717) is 0 Å². The summed E-state index contributed by atoms with van der Waals surface area (Å²) in [7, 11) is 0. The molecule has 0 atom stereocenters. The second-order valence-corrected chi connectivity index (χ2v) is 4.98. The van der Waals surface area contributed by atoms with Crippen LogP contribution in [0.3, 0.4) is 0 Å². The van der Waals surface area contributed by atoms with Gasteiger partial charge < -0.3 is 4.74 Å². The number of rotatable bonds is 2. The van der Waals surface area contributed by atoms with Gasteiger partial charge in [-0.25, -0.2) is 4.98 Å². The highest BCUT2D eigenvalue weighted by molar-refractivity contribution is 7.13. The molecule has 0 saturated carbocycles. The number of thiazole rings is 1. The second-order valence-electron chi connectivity index (χ2n) is 3.78. The Morgan fingerprint density at radius 3 is 1.85 bits per heavy atom. The molecule has 0 bridgehead atoms. The first-order valence-electron chi connectivity index (χ1n) is 5.42. The van der Waals surface area contributed by atoms with Crippen molar-refractivity contribution in [2.45, 2.75) is 31.6 Å². The summed E-state index contributed by atoms with van der Waals surface area (Å²) in [5.41, 5.74) is 0. The molecule has 1 aliphatic carbocycles. The van der Waals surface area contributed by atoms with Crippen LogP contribution >= 0.6 is 11.3 Å². The van der Waals surface area contributed by atoms with E-state index in [2.05, 4.69) is 4.98 Å². The van der Waals surface area contributed by atoms with E-state index >= 15 is 0 Å². The van der Waals surface area contributed by atoms with E-state index in [-0.39, 0.29) is 0 Å². The van der Waals surface area contributed by atoms with Crippen LogP contribution in [0, 0.1) is 6.92 Å². The number of hydrogen-bond donors (Lipinski definition) is 0. The Morgan fingerprint density at radius 2 is 1.60 bits per heavy atom. The Kier molecular flexibility index (Phi) is 4.73. The van der Waals surface area contributed by atoms with Crippen LogP contribution in [0.4, 0.5) is 26.3 Å². The van der Waals surface area contributed by atoms with Crippen molar-refractivity contribution in [3.05, 3.63) is 23.4 Å². The zero-order valence-electron chi connectivity index (χ0n) is 10.5. The molecular weight excluding hydrogens is 308 g/mol. The van der Waals surface area contributed by atoms with Gasteiger partial charge >= 0.3 is 17.8 Å². The molecule has 2 rings (SSSR count). The Labute approximate surface area is 115 Å². The van der Waals surface area contributed by atoms with Crippen molar-refractivity contribution in [3.8, 4) is 5.06 Å². The predicted octanol–water partition coefficient (Wildman–Crippen LogP) is 4.31. The van der Waals surface area contributed by atoms with Crippen molar-refractivity contribution in [3.63, 3.8) is 0 Å². The van der Waals surface area contributed by atoms with Crippen molar-refractivity contribution in [1.82, 2.24) is 4.98 Å². The Bertz CT molecular complexity index is 465. The molecule has 0 unspecified atom stereocenters. The number of aryl methyl sites for hydroxylation is 1. The average Bonchev–Trinajstić information content (AvgIpc) is 2.78. The third kappa shape index (κ3) is 3.25. The van der Waals surface area contributed by atoms with Crippen LogP contribution in [0.15, 0.2) is 18.3 Å². The fourth-order valence-corrected chi connectivity index (χ4v) is 1.87. The SMILES string of the molecule is CCOc1cnc(C)s1.FC1(F)C=CC(F)(F)C1(F)F. The molecule has 0 spiro atoms. The summed E-state index contributed by atoms with van der Waals surface area (Å²) >= 11 is 1.58. The van der Waals surface area contributed by atoms with Gasteiger partial charge in [0.25, 0.3) is 0 Å². The molecule has 1 heterocycles. The van der Waals surface area contributed by atoms with Crippen molar-refractivity contribution in [2.75, 3.05) is 6.61 Å². The molecule has 0 amide bonds. The van der Waals surface area contributed by atoms with Crippen molar-refractivity contribution < 1.29 is 31.1 Å². The molecule has 0 fully saturated rings. The summed E-state index contributed by atoms with van der Waals surface area (Å²) in [6.07, 6.45) is 0.795. The molecule has 114 valence electrons. The number of hydrogen-bond acceptors (Lipinski definition) is 3. The second kappa shape index (κ2) is 5.63. The van der Waals surface area contributed by atoms with Crippen LogP contribution in [0.1, 0.15) is 11.9 Å². The maximum Gasteiger partial charge on any atom is 0.379 e. The van der Waals surface area contributed by atoms with Gasteiger partial charge in [0.05, 0.1) is 17.8 Å². The molecule has 0 N–H and O–H groups in total. The lowest BCUT2D eigenvalue weighted by molar-refractivity contribution is -0.259. The van der Waals surface area contributed by atoms with Gasteiger partial charge in [-0.1, -0.05) is 11.3 Å². The van der Waals surface area contributed by atoms with E-state index in [1.165, 1.54) is 0 Å². The first kappa shape index (κ1) is 16.8. The highest BCUT2D eigenvalue weighted by atomic mass is 32.1. The lowest BCUT2D eigenvalue weighted by atomic mass is 10.2. The molecule has 1 aromatic rings. The summed E-state index contributed by atoms with van der Waals surface area (Å²) in [6.45, 7) is 4.66. The minimum Gasteiger partial charge on any atom is -0.483 e. The summed E-state index contributed by atoms with van der Waals surface area (Å²) in [5.74, 6) is -14.8. The Morgan fingerprint density at radius 1 is 1.10 bits per heavy atom. The molecule has 0 radical (unpaired) electrons. The van der Waals surface area contributed by atoms with E-state index < -0.39 is 29.9 Å². The zero-order valence-corrected chi connectivity index (χ0v) is 11.3. The van der Waals surface area contributed by atoms with Crippen LogP contribution in [0.2, 0.25) is 0 Å². The minimum absolute atomic E-state index is 0.479. The van der Waals surface area contributed by atoms with Crippen LogP contribution in [-0.2, 0) is 0 Å². The third-order valence-electron chi connectivity index (χ3n) is 2.23. The molecular formula is C11H11F6NOS. The quantitative estimate of drug-likeness (QED) is 0.598. The van der Waals surface area contributed by atoms with Gasteiger partial charge in [-0.2, -0.15) is 26.3 Å².